The molecule has 4 nitrogen and oxygen atoms in total. The van der Waals surface area contributed by atoms with E-state index in [1.54, 1.807) is 13.0 Å². The van der Waals surface area contributed by atoms with Gasteiger partial charge in [-0.2, -0.15) is 0 Å². The number of hydrogen-bond donors (Lipinski definition) is 2. The third kappa shape index (κ3) is 2.58. The molecular weight excluding hydrogens is 218 g/mol. The summed E-state index contributed by atoms with van der Waals surface area (Å²) in [4.78, 5) is 11.2. The Hall–Kier alpha value is -1.55. The van der Waals surface area contributed by atoms with E-state index in [4.69, 9.17) is 4.74 Å². The van der Waals surface area contributed by atoms with Crippen molar-refractivity contribution in [1.29, 1.82) is 0 Å². The summed E-state index contributed by atoms with van der Waals surface area (Å²) in [5.41, 5.74) is 2.09. The highest BCUT2D eigenvalue weighted by atomic mass is 16.5. The van der Waals surface area contributed by atoms with Crippen LogP contribution in [0.4, 0.5) is 0 Å². The second-order valence-electron chi connectivity index (χ2n) is 4.12. The van der Waals surface area contributed by atoms with Crippen LogP contribution in [-0.4, -0.2) is 24.2 Å². The number of ether oxygens (including phenoxy) is 1. The predicted octanol–water partition coefficient (Wildman–Crippen LogP) is 1.53. The first-order valence-corrected chi connectivity index (χ1v) is 5.92. The number of nitrogens with one attached hydrogen (secondary N) is 1. The van der Waals surface area contributed by atoms with Crippen molar-refractivity contribution >= 4 is 5.97 Å². The molecule has 0 amide bonds. The van der Waals surface area contributed by atoms with Crippen LogP contribution in [0.5, 0.6) is 5.75 Å². The summed E-state index contributed by atoms with van der Waals surface area (Å²) in [6.07, 6.45) is 1.76. The zero-order chi connectivity index (χ0) is 12.3. The fourth-order valence-corrected chi connectivity index (χ4v) is 2.27. The van der Waals surface area contributed by atoms with E-state index in [-0.39, 0.29) is 18.6 Å². The molecule has 0 radical (unpaired) electrons. The van der Waals surface area contributed by atoms with E-state index in [1.807, 2.05) is 12.1 Å². The van der Waals surface area contributed by atoms with Gasteiger partial charge in [-0.25, -0.2) is 0 Å². The Labute approximate surface area is 101 Å². The molecule has 0 fully saturated rings. The molecule has 0 saturated heterocycles. The van der Waals surface area contributed by atoms with Crippen LogP contribution in [0.15, 0.2) is 18.2 Å². The number of fused-ring (bicyclic) bond motifs is 1. The van der Waals surface area contributed by atoms with Gasteiger partial charge in [-0.1, -0.05) is 12.1 Å². The summed E-state index contributed by atoms with van der Waals surface area (Å²) in [6, 6.07) is 5.66. The monoisotopic (exact) mass is 235 g/mol. The van der Waals surface area contributed by atoms with Crippen LogP contribution in [0.2, 0.25) is 0 Å². The number of benzene rings is 1. The molecule has 2 N–H and O–H groups in total. The minimum Gasteiger partial charge on any atom is -0.508 e. The number of esters is 1. The summed E-state index contributed by atoms with van der Waals surface area (Å²) >= 11 is 0. The number of aromatic hydroxyl groups is 1. The second-order valence-corrected chi connectivity index (χ2v) is 4.12. The maximum absolute atomic E-state index is 11.2. The average molecular weight is 235 g/mol. The fraction of sp³-hybridized carbons (Fsp3) is 0.462. The number of hydrogen-bond acceptors (Lipinski definition) is 4. The van der Waals surface area contributed by atoms with Gasteiger partial charge in [0.1, 0.15) is 5.75 Å². The molecule has 0 aromatic heterocycles. The number of phenolic OH excluding ortho intramolecular Hbond substituents is 1. The van der Waals surface area contributed by atoms with Gasteiger partial charge in [0.2, 0.25) is 0 Å². The van der Waals surface area contributed by atoms with E-state index in [1.165, 1.54) is 0 Å². The first kappa shape index (κ1) is 11.9. The van der Waals surface area contributed by atoms with Crippen molar-refractivity contribution in [2.24, 2.45) is 0 Å². The van der Waals surface area contributed by atoms with E-state index in [0.717, 1.165) is 24.0 Å². The van der Waals surface area contributed by atoms with Crippen LogP contribution in [0, 0.1) is 0 Å². The Morgan fingerprint density at radius 1 is 1.59 bits per heavy atom. The van der Waals surface area contributed by atoms with Crippen LogP contribution < -0.4 is 5.32 Å². The van der Waals surface area contributed by atoms with Crippen LogP contribution in [-0.2, 0) is 16.0 Å². The van der Waals surface area contributed by atoms with E-state index in [2.05, 4.69) is 5.32 Å². The van der Waals surface area contributed by atoms with Gasteiger partial charge >= 0.3 is 5.97 Å². The van der Waals surface area contributed by atoms with E-state index >= 15 is 0 Å². The summed E-state index contributed by atoms with van der Waals surface area (Å²) in [5.74, 6) is 0.115. The maximum atomic E-state index is 11.2. The van der Waals surface area contributed by atoms with Gasteiger partial charge in [-0.3, -0.25) is 4.79 Å². The quantitative estimate of drug-likeness (QED) is 0.777. The number of carbonyl (C=O) groups excluding carboxylic acids is 1. The maximum Gasteiger partial charge on any atom is 0.319 e. The number of phenols is 1. The molecule has 2 rings (SSSR count). The molecule has 1 aliphatic carbocycles. The van der Waals surface area contributed by atoms with Crippen molar-refractivity contribution in [3.8, 4) is 5.75 Å². The molecule has 0 spiro atoms. The summed E-state index contributed by atoms with van der Waals surface area (Å²) in [6.45, 7) is 2.41. The predicted molar refractivity (Wildman–Crippen MR) is 63.8 cm³/mol. The Bertz CT molecular complexity index is 417. The first-order chi connectivity index (χ1) is 8.22. The summed E-state index contributed by atoms with van der Waals surface area (Å²) in [7, 11) is 0. The number of carbonyl (C=O) groups is 1. The molecule has 4 heteroatoms. The summed E-state index contributed by atoms with van der Waals surface area (Å²) in [5, 5.41) is 12.9. The Morgan fingerprint density at radius 3 is 3.18 bits per heavy atom. The molecule has 17 heavy (non-hydrogen) atoms. The minimum atomic E-state index is -0.235. The van der Waals surface area contributed by atoms with Crippen molar-refractivity contribution < 1.29 is 14.6 Å². The zero-order valence-corrected chi connectivity index (χ0v) is 9.90. The molecule has 0 heterocycles. The number of rotatable bonds is 4. The lowest BCUT2D eigenvalue weighted by Crippen LogP contribution is -2.27. The van der Waals surface area contributed by atoms with E-state index in [0.29, 0.717) is 12.4 Å². The third-order valence-electron chi connectivity index (χ3n) is 3.04. The topological polar surface area (TPSA) is 58.6 Å². The van der Waals surface area contributed by atoms with Crippen molar-refractivity contribution in [2.45, 2.75) is 25.8 Å². The molecule has 1 atom stereocenters. The fourth-order valence-electron chi connectivity index (χ4n) is 2.27. The van der Waals surface area contributed by atoms with Gasteiger partial charge in [-0.15, -0.1) is 0 Å². The SMILES string of the molecule is CCOC(=O)CNC1CCc2c(O)cccc21. The highest BCUT2D eigenvalue weighted by molar-refractivity contribution is 5.71. The molecule has 1 aliphatic rings. The molecular formula is C13H17NO3. The van der Waals surface area contributed by atoms with Crippen LogP contribution in [0.3, 0.4) is 0 Å². The van der Waals surface area contributed by atoms with E-state index < -0.39 is 0 Å². The molecule has 0 saturated carbocycles. The molecule has 1 unspecified atom stereocenters. The van der Waals surface area contributed by atoms with Gasteiger partial charge in [0.25, 0.3) is 0 Å². The third-order valence-corrected chi connectivity index (χ3v) is 3.04. The van der Waals surface area contributed by atoms with Crippen molar-refractivity contribution in [3.63, 3.8) is 0 Å². The average Bonchev–Trinajstić information content (AvgIpc) is 2.72. The molecule has 0 bridgehead atoms. The smallest absolute Gasteiger partial charge is 0.319 e. The Balaban J connectivity index is 1.98. The summed E-state index contributed by atoms with van der Waals surface area (Å²) < 4.78 is 4.86. The van der Waals surface area contributed by atoms with Crippen LogP contribution >= 0.6 is 0 Å². The van der Waals surface area contributed by atoms with Crippen molar-refractivity contribution in [1.82, 2.24) is 5.32 Å². The van der Waals surface area contributed by atoms with Crippen molar-refractivity contribution in [3.05, 3.63) is 29.3 Å². The van der Waals surface area contributed by atoms with Gasteiger partial charge < -0.3 is 15.2 Å². The Morgan fingerprint density at radius 2 is 2.41 bits per heavy atom. The lowest BCUT2D eigenvalue weighted by molar-refractivity contribution is -0.142. The van der Waals surface area contributed by atoms with Gasteiger partial charge in [0.05, 0.1) is 13.2 Å². The normalized spacial score (nSPS) is 17.8. The second kappa shape index (κ2) is 5.19. The highest BCUT2D eigenvalue weighted by Crippen LogP contribution is 2.35. The highest BCUT2D eigenvalue weighted by Gasteiger charge is 2.24. The molecule has 0 aliphatic heterocycles. The largest absolute Gasteiger partial charge is 0.508 e. The van der Waals surface area contributed by atoms with Gasteiger partial charge in [-0.05, 0) is 37.0 Å². The van der Waals surface area contributed by atoms with Crippen LogP contribution in [0.25, 0.3) is 0 Å². The first-order valence-electron chi connectivity index (χ1n) is 5.92. The lowest BCUT2D eigenvalue weighted by atomic mass is 10.1. The molecule has 1 aromatic carbocycles. The standard InChI is InChI=1S/C13H17NO3/c1-2-17-13(16)8-14-11-7-6-10-9(11)4-3-5-12(10)15/h3-5,11,14-15H,2,6-8H2,1H3. The Kier molecular flexibility index (Phi) is 3.64. The van der Waals surface area contributed by atoms with E-state index in [9.17, 15) is 9.90 Å². The molecule has 92 valence electrons. The minimum absolute atomic E-state index is 0.140. The zero-order valence-electron chi connectivity index (χ0n) is 9.90. The van der Waals surface area contributed by atoms with Crippen molar-refractivity contribution in [2.75, 3.05) is 13.2 Å². The van der Waals surface area contributed by atoms with Crippen LogP contribution in [0.1, 0.15) is 30.5 Å². The lowest BCUT2D eigenvalue weighted by Gasteiger charge is -2.13. The van der Waals surface area contributed by atoms with Gasteiger partial charge in [0, 0.05) is 6.04 Å². The molecule has 1 aromatic rings. The van der Waals surface area contributed by atoms with Gasteiger partial charge in [0.15, 0.2) is 0 Å².